The molecule has 0 aliphatic rings. The third-order valence-electron chi connectivity index (χ3n) is 3.40. The molecule has 1 aromatic rings. The Morgan fingerprint density at radius 3 is 2.63 bits per heavy atom. The predicted molar refractivity (Wildman–Crippen MR) is 75.6 cm³/mol. The summed E-state index contributed by atoms with van der Waals surface area (Å²) < 4.78 is 5.88. The van der Waals surface area contributed by atoms with Gasteiger partial charge in [-0.25, -0.2) is 0 Å². The summed E-state index contributed by atoms with van der Waals surface area (Å²) in [5.41, 5.74) is 0.163. The van der Waals surface area contributed by atoms with Gasteiger partial charge in [0.05, 0.1) is 6.10 Å². The molecule has 2 atom stereocenters. The number of aliphatic carboxylic acids is 1. The highest BCUT2D eigenvalue weighted by atomic mass is 16.5. The summed E-state index contributed by atoms with van der Waals surface area (Å²) in [6, 6.07) is 7.85. The molecule has 0 heterocycles. The van der Waals surface area contributed by atoms with Gasteiger partial charge in [0, 0.05) is 6.42 Å². The second-order valence-corrected chi connectivity index (χ2v) is 4.98. The van der Waals surface area contributed by atoms with Crippen molar-refractivity contribution in [2.75, 3.05) is 7.05 Å². The van der Waals surface area contributed by atoms with E-state index in [-0.39, 0.29) is 6.10 Å². The number of benzene rings is 1. The SMILES string of the molecule is CCc1ccccc1OC(C)CC(C)(NC)C(=O)O. The van der Waals surface area contributed by atoms with Crippen LogP contribution in [0.1, 0.15) is 32.8 Å². The van der Waals surface area contributed by atoms with E-state index in [2.05, 4.69) is 12.2 Å². The largest absolute Gasteiger partial charge is 0.490 e. The zero-order valence-corrected chi connectivity index (χ0v) is 12.1. The molecule has 0 spiro atoms. The van der Waals surface area contributed by atoms with E-state index in [0.29, 0.717) is 6.42 Å². The first-order valence-electron chi connectivity index (χ1n) is 6.59. The van der Waals surface area contributed by atoms with Gasteiger partial charge in [0.15, 0.2) is 0 Å². The molecule has 19 heavy (non-hydrogen) atoms. The molecule has 0 aromatic heterocycles. The van der Waals surface area contributed by atoms with Crippen LogP contribution >= 0.6 is 0 Å². The van der Waals surface area contributed by atoms with Crippen molar-refractivity contribution >= 4 is 5.97 Å². The summed E-state index contributed by atoms with van der Waals surface area (Å²) in [5, 5.41) is 12.1. The van der Waals surface area contributed by atoms with Gasteiger partial charge in [-0.2, -0.15) is 0 Å². The molecule has 0 aliphatic heterocycles. The zero-order chi connectivity index (χ0) is 14.5. The van der Waals surface area contributed by atoms with E-state index >= 15 is 0 Å². The number of para-hydroxylation sites is 1. The fourth-order valence-electron chi connectivity index (χ4n) is 2.04. The van der Waals surface area contributed by atoms with Gasteiger partial charge in [-0.05, 0) is 38.9 Å². The van der Waals surface area contributed by atoms with E-state index in [1.54, 1.807) is 14.0 Å². The molecule has 1 rings (SSSR count). The summed E-state index contributed by atoms with van der Waals surface area (Å²) in [7, 11) is 1.65. The van der Waals surface area contributed by atoms with Crippen LogP contribution < -0.4 is 10.1 Å². The normalized spacial score (nSPS) is 15.6. The Labute approximate surface area is 114 Å². The van der Waals surface area contributed by atoms with E-state index in [9.17, 15) is 9.90 Å². The van der Waals surface area contributed by atoms with E-state index in [1.165, 1.54) is 0 Å². The van der Waals surface area contributed by atoms with Crippen LogP contribution in [0, 0.1) is 0 Å². The van der Waals surface area contributed by atoms with Crippen LogP contribution in [0.5, 0.6) is 5.75 Å². The van der Waals surface area contributed by atoms with Crippen LogP contribution in [0.25, 0.3) is 0 Å². The minimum absolute atomic E-state index is 0.179. The number of ether oxygens (including phenoxy) is 1. The minimum Gasteiger partial charge on any atom is -0.490 e. The molecule has 2 N–H and O–H groups in total. The summed E-state index contributed by atoms with van der Waals surface area (Å²) >= 11 is 0. The third-order valence-corrected chi connectivity index (χ3v) is 3.40. The van der Waals surface area contributed by atoms with Gasteiger partial charge in [-0.15, -0.1) is 0 Å². The van der Waals surface area contributed by atoms with Crippen LogP contribution in [-0.4, -0.2) is 29.8 Å². The Balaban J connectivity index is 2.74. The van der Waals surface area contributed by atoms with Crippen molar-refractivity contribution in [3.8, 4) is 5.75 Å². The first kappa shape index (κ1) is 15.5. The minimum atomic E-state index is -0.972. The molecule has 0 saturated heterocycles. The highest BCUT2D eigenvalue weighted by molar-refractivity contribution is 5.78. The van der Waals surface area contributed by atoms with Crippen LogP contribution in [0.2, 0.25) is 0 Å². The van der Waals surface area contributed by atoms with Crippen molar-refractivity contribution in [2.45, 2.75) is 45.3 Å². The topological polar surface area (TPSA) is 58.6 Å². The second kappa shape index (κ2) is 6.57. The van der Waals surface area contributed by atoms with Gasteiger partial charge >= 0.3 is 5.97 Å². The predicted octanol–water partition coefficient (Wildman–Crippen LogP) is 2.47. The summed E-state index contributed by atoms with van der Waals surface area (Å²) in [4.78, 5) is 11.2. The number of likely N-dealkylation sites (N-methyl/N-ethyl adjacent to an activating group) is 1. The maximum Gasteiger partial charge on any atom is 0.323 e. The molecule has 4 heteroatoms. The summed E-state index contributed by atoms with van der Waals surface area (Å²) in [6.07, 6.45) is 1.11. The van der Waals surface area contributed by atoms with Crippen LogP contribution in [0.15, 0.2) is 24.3 Å². The lowest BCUT2D eigenvalue weighted by Gasteiger charge is -2.28. The van der Waals surface area contributed by atoms with Crippen molar-refractivity contribution in [1.29, 1.82) is 0 Å². The van der Waals surface area contributed by atoms with Gasteiger partial charge in [-0.1, -0.05) is 25.1 Å². The molecular weight excluding hydrogens is 242 g/mol. The Morgan fingerprint density at radius 2 is 2.11 bits per heavy atom. The lowest BCUT2D eigenvalue weighted by Crippen LogP contribution is -2.50. The Bertz CT molecular complexity index is 433. The second-order valence-electron chi connectivity index (χ2n) is 4.98. The molecule has 0 amide bonds. The van der Waals surface area contributed by atoms with Crippen LogP contribution in [0.3, 0.4) is 0 Å². The monoisotopic (exact) mass is 265 g/mol. The molecule has 0 saturated carbocycles. The van der Waals surface area contributed by atoms with Gasteiger partial charge in [0.2, 0.25) is 0 Å². The van der Waals surface area contributed by atoms with Gasteiger partial charge in [0.1, 0.15) is 11.3 Å². The quantitative estimate of drug-likeness (QED) is 0.795. The van der Waals surface area contributed by atoms with Gasteiger partial charge < -0.3 is 15.2 Å². The molecule has 0 radical (unpaired) electrons. The Kier molecular flexibility index (Phi) is 5.36. The molecule has 2 unspecified atom stereocenters. The van der Waals surface area contributed by atoms with Crippen molar-refractivity contribution in [1.82, 2.24) is 5.32 Å². The molecule has 1 aromatic carbocycles. The lowest BCUT2D eigenvalue weighted by molar-refractivity contribution is -0.145. The third kappa shape index (κ3) is 3.96. The zero-order valence-electron chi connectivity index (χ0n) is 12.1. The van der Waals surface area contributed by atoms with Crippen molar-refractivity contribution in [3.05, 3.63) is 29.8 Å². The van der Waals surface area contributed by atoms with Gasteiger partial charge in [0.25, 0.3) is 0 Å². The van der Waals surface area contributed by atoms with E-state index in [0.717, 1.165) is 17.7 Å². The molecule has 4 nitrogen and oxygen atoms in total. The Morgan fingerprint density at radius 1 is 1.47 bits per heavy atom. The van der Waals surface area contributed by atoms with Gasteiger partial charge in [-0.3, -0.25) is 4.79 Å². The van der Waals surface area contributed by atoms with Crippen LogP contribution in [-0.2, 0) is 11.2 Å². The maximum absolute atomic E-state index is 11.2. The first-order valence-corrected chi connectivity index (χ1v) is 6.59. The number of carboxylic acid groups (broad SMARTS) is 1. The Hall–Kier alpha value is -1.55. The maximum atomic E-state index is 11.2. The highest BCUT2D eigenvalue weighted by Gasteiger charge is 2.33. The van der Waals surface area contributed by atoms with E-state index in [1.807, 2.05) is 31.2 Å². The molecule has 0 fully saturated rings. The fraction of sp³-hybridized carbons (Fsp3) is 0.533. The average Bonchev–Trinajstić information content (AvgIpc) is 2.38. The van der Waals surface area contributed by atoms with E-state index < -0.39 is 11.5 Å². The number of rotatable bonds is 7. The summed E-state index contributed by atoms with van der Waals surface area (Å²) in [5.74, 6) is -0.0319. The number of hydrogen-bond acceptors (Lipinski definition) is 3. The fourth-order valence-corrected chi connectivity index (χ4v) is 2.04. The molecular formula is C15H23NO3. The number of carboxylic acids is 1. The lowest BCUT2D eigenvalue weighted by atomic mass is 9.95. The highest BCUT2D eigenvalue weighted by Crippen LogP contribution is 2.22. The molecule has 0 bridgehead atoms. The first-order chi connectivity index (χ1) is 8.92. The summed E-state index contributed by atoms with van der Waals surface area (Å²) in [6.45, 7) is 5.63. The van der Waals surface area contributed by atoms with Crippen molar-refractivity contribution < 1.29 is 14.6 Å². The molecule has 106 valence electrons. The average molecular weight is 265 g/mol. The standard InChI is InChI=1S/C15H23NO3/c1-5-12-8-6-7-9-13(12)19-11(2)10-15(3,16-4)14(17)18/h6-9,11,16H,5,10H2,1-4H3,(H,17,18). The molecule has 0 aliphatic carbocycles. The van der Waals surface area contributed by atoms with E-state index in [4.69, 9.17) is 4.74 Å². The number of nitrogens with one attached hydrogen (secondary N) is 1. The van der Waals surface area contributed by atoms with Crippen molar-refractivity contribution in [3.63, 3.8) is 0 Å². The smallest absolute Gasteiger partial charge is 0.323 e. The number of hydrogen-bond donors (Lipinski definition) is 2. The number of carbonyl (C=O) groups is 1. The van der Waals surface area contributed by atoms with Crippen molar-refractivity contribution in [2.24, 2.45) is 0 Å². The van der Waals surface area contributed by atoms with Crippen LogP contribution in [0.4, 0.5) is 0 Å². The number of aryl methyl sites for hydroxylation is 1.